The number of allylic oxidation sites excluding steroid dienone is 1. The minimum Gasteiger partial charge on any atom is -0.382 e. The van der Waals surface area contributed by atoms with Crippen molar-refractivity contribution < 1.29 is 0 Å². The fourth-order valence-electron chi connectivity index (χ4n) is 1.33. The van der Waals surface area contributed by atoms with Crippen molar-refractivity contribution in [3.8, 4) is 0 Å². The standard InChI is InChI=1S/C13H18ClN/c1-11(2)12-6-5-7-13(10-12)15-9-4-3-8-14/h3-7,10-11,15H,8-9H2,1-2H3/b4-3+. The molecule has 0 aliphatic carbocycles. The maximum absolute atomic E-state index is 5.54. The molecule has 1 aromatic rings. The molecule has 0 unspecified atom stereocenters. The molecule has 0 aromatic heterocycles. The zero-order valence-corrected chi connectivity index (χ0v) is 10.1. The van der Waals surface area contributed by atoms with E-state index in [2.05, 4.69) is 43.4 Å². The van der Waals surface area contributed by atoms with Gasteiger partial charge in [0.25, 0.3) is 0 Å². The summed E-state index contributed by atoms with van der Waals surface area (Å²) in [5.41, 5.74) is 2.53. The molecule has 0 spiro atoms. The zero-order chi connectivity index (χ0) is 11.1. The van der Waals surface area contributed by atoms with Crippen LogP contribution in [0.25, 0.3) is 0 Å². The van der Waals surface area contributed by atoms with E-state index in [9.17, 15) is 0 Å². The van der Waals surface area contributed by atoms with Crippen molar-refractivity contribution in [2.45, 2.75) is 19.8 Å². The van der Waals surface area contributed by atoms with Crippen molar-refractivity contribution in [2.75, 3.05) is 17.7 Å². The van der Waals surface area contributed by atoms with Crippen molar-refractivity contribution in [1.29, 1.82) is 0 Å². The van der Waals surface area contributed by atoms with Gasteiger partial charge in [0.05, 0.1) is 0 Å². The van der Waals surface area contributed by atoms with E-state index in [0.717, 1.165) is 6.54 Å². The first-order valence-corrected chi connectivity index (χ1v) is 5.82. The Morgan fingerprint density at radius 2 is 2.13 bits per heavy atom. The molecular weight excluding hydrogens is 206 g/mol. The van der Waals surface area contributed by atoms with Crippen molar-refractivity contribution in [3.63, 3.8) is 0 Å². The van der Waals surface area contributed by atoms with Gasteiger partial charge in [0.15, 0.2) is 0 Å². The van der Waals surface area contributed by atoms with Crippen LogP contribution in [0.2, 0.25) is 0 Å². The van der Waals surface area contributed by atoms with Gasteiger partial charge < -0.3 is 5.32 Å². The molecule has 0 aliphatic rings. The number of rotatable bonds is 5. The Morgan fingerprint density at radius 1 is 1.33 bits per heavy atom. The van der Waals surface area contributed by atoms with E-state index < -0.39 is 0 Å². The second-order valence-corrected chi connectivity index (χ2v) is 4.10. The molecule has 1 aromatic carbocycles. The van der Waals surface area contributed by atoms with Crippen LogP contribution in [0.5, 0.6) is 0 Å². The van der Waals surface area contributed by atoms with Crippen molar-refractivity contribution >= 4 is 17.3 Å². The topological polar surface area (TPSA) is 12.0 Å². The van der Waals surface area contributed by atoms with Crippen LogP contribution in [0.3, 0.4) is 0 Å². The van der Waals surface area contributed by atoms with Gasteiger partial charge in [-0.25, -0.2) is 0 Å². The highest BCUT2D eigenvalue weighted by molar-refractivity contribution is 6.18. The number of anilines is 1. The summed E-state index contributed by atoms with van der Waals surface area (Å²) in [6.07, 6.45) is 3.98. The summed E-state index contributed by atoms with van der Waals surface area (Å²) in [5, 5.41) is 3.33. The minimum atomic E-state index is 0.574. The van der Waals surface area contributed by atoms with Crippen LogP contribution >= 0.6 is 11.6 Å². The molecule has 0 aliphatic heterocycles. The molecule has 0 bridgehead atoms. The van der Waals surface area contributed by atoms with Crippen molar-refractivity contribution in [1.82, 2.24) is 0 Å². The summed E-state index contributed by atoms with van der Waals surface area (Å²) in [4.78, 5) is 0. The van der Waals surface area contributed by atoms with Gasteiger partial charge in [0, 0.05) is 18.1 Å². The predicted octanol–water partition coefficient (Wildman–Crippen LogP) is 4.02. The normalized spacial score (nSPS) is 11.2. The van der Waals surface area contributed by atoms with E-state index in [4.69, 9.17) is 11.6 Å². The van der Waals surface area contributed by atoms with Crippen LogP contribution in [-0.2, 0) is 0 Å². The molecule has 0 radical (unpaired) electrons. The molecule has 0 saturated heterocycles. The maximum Gasteiger partial charge on any atom is 0.0404 e. The summed E-state index contributed by atoms with van der Waals surface area (Å²) in [7, 11) is 0. The van der Waals surface area contributed by atoms with Crippen LogP contribution < -0.4 is 5.32 Å². The first-order valence-electron chi connectivity index (χ1n) is 5.29. The van der Waals surface area contributed by atoms with E-state index in [1.807, 2.05) is 12.2 Å². The van der Waals surface area contributed by atoms with Gasteiger partial charge in [0.1, 0.15) is 0 Å². The SMILES string of the molecule is CC(C)c1cccc(NC/C=C/CCl)c1. The highest BCUT2D eigenvalue weighted by atomic mass is 35.5. The average molecular weight is 224 g/mol. The van der Waals surface area contributed by atoms with Gasteiger partial charge in [-0.05, 0) is 23.6 Å². The molecule has 0 heterocycles. The van der Waals surface area contributed by atoms with Gasteiger partial charge in [-0.15, -0.1) is 11.6 Å². The number of halogens is 1. The highest BCUT2D eigenvalue weighted by Crippen LogP contribution is 2.18. The monoisotopic (exact) mass is 223 g/mol. The molecule has 2 heteroatoms. The Labute approximate surface area is 97.1 Å². The maximum atomic E-state index is 5.54. The van der Waals surface area contributed by atoms with E-state index in [0.29, 0.717) is 11.8 Å². The Balaban J connectivity index is 2.54. The molecule has 0 fully saturated rings. The van der Waals surface area contributed by atoms with Crippen LogP contribution in [0, 0.1) is 0 Å². The lowest BCUT2D eigenvalue weighted by atomic mass is 10.0. The fourth-order valence-corrected chi connectivity index (χ4v) is 1.46. The third-order valence-electron chi connectivity index (χ3n) is 2.23. The molecule has 0 saturated carbocycles. The van der Waals surface area contributed by atoms with E-state index >= 15 is 0 Å². The number of hydrogen-bond acceptors (Lipinski definition) is 1. The second kappa shape index (κ2) is 6.52. The summed E-state index contributed by atoms with van der Waals surface area (Å²) in [6, 6.07) is 8.52. The number of hydrogen-bond donors (Lipinski definition) is 1. The first kappa shape index (κ1) is 12.1. The molecule has 0 atom stereocenters. The van der Waals surface area contributed by atoms with E-state index in [-0.39, 0.29) is 0 Å². The number of nitrogens with one attached hydrogen (secondary N) is 1. The Kier molecular flexibility index (Phi) is 5.27. The first-order chi connectivity index (χ1) is 7.24. The Bertz CT molecular complexity index is 318. The van der Waals surface area contributed by atoms with Gasteiger partial charge >= 0.3 is 0 Å². The van der Waals surface area contributed by atoms with Gasteiger partial charge in [-0.1, -0.05) is 38.1 Å². The zero-order valence-electron chi connectivity index (χ0n) is 9.33. The predicted molar refractivity (Wildman–Crippen MR) is 68.9 cm³/mol. The third kappa shape index (κ3) is 4.39. The summed E-state index contributed by atoms with van der Waals surface area (Å²) in [6.45, 7) is 5.23. The van der Waals surface area contributed by atoms with Gasteiger partial charge in [-0.2, -0.15) is 0 Å². The largest absolute Gasteiger partial charge is 0.382 e. The molecule has 1 nitrogen and oxygen atoms in total. The highest BCUT2D eigenvalue weighted by Gasteiger charge is 1.98. The quantitative estimate of drug-likeness (QED) is 0.588. The number of benzene rings is 1. The summed E-state index contributed by atoms with van der Waals surface area (Å²) >= 11 is 5.54. The lowest BCUT2D eigenvalue weighted by Gasteiger charge is -2.08. The van der Waals surface area contributed by atoms with Crippen LogP contribution in [-0.4, -0.2) is 12.4 Å². The third-order valence-corrected chi connectivity index (χ3v) is 2.41. The molecule has 1 rings (SSSR count). The van der Waals surface area contributed by atoms with Crippen molar-refractivity contribution in [3.05, 3.63) is 42.0 Å². The van der Waals surface area contributed by atoms with Crippen molar-refractivity contribution in [2.24, 2.45) is 0 Å². The molecule has 1 N–H and O–H groups in total. The lowest BCUT2D eigenvalue weighted by molar-refractivity contribution is 0.867. The Morgan fingerprint density at radius 3 is 2.80 bits per heavy atom. The molecular formula is C13H18ClN. The fraction of sp³-hybridized carbons (Fsp3) is 0.385. The summed E-state index contributed by atoms with van der Waals surface area (Å²) in [5.74, 6) is 1.15. The second-order valence-electron chi connectivity index (χ2n) is 3.79. The average Bonchev–Trinajstić information content (AvgIpc) is 2.25. The lowest BCUT2D eigenvalue weighted by Crippen LogP contribution is -1.99. The van der Waals surface area contributed by atoms with Crippen LogP contribution in [0.1, 0.15) is 25.3 Å². The van der Waals surface area contributed by atoms with E-state index in [1.165, 1.54) is 11.3 Å². The van der Waals surface area contributed by atoms with E-state index in [1.54, 1.807) is 0 Å². The van der Waals surface area contributed by atoms with Crippen LogP contribution in [0.4, 0.5) is 5.69 Å². The van der Waals surface area contributed by atoms with Crippen LogP contribution in [0.15, 0.2) is 36.4 Å². The number of alkyl halides is 1. The molecule has 15 heavy (non-hydrogen) atoms. The molecule has 0 amide bonds. The van der Waals surface area contributed by atoms with Gasteiger partial charge in [-0.3, -0.25) is 0 Å². The Hall–Kier alpha value is -0.950. The minimum absolute atomic E-state index is 0.574. The summed E-state index contributed by atoms with van der Waals surface area (Å²) < 4.78 is 0. The molecule has 82 valence electrons. The smallest absolute Gasteiger partial charge is 0.0404 e. The van der Waals surface area contributed by atoms with Gasteiger partial charge in [0.2, 0.25) is 0 Å².